The van der Waals surface area contributed by atoms with E-state index in [1.165, 1.54) is 68.1 Å². The Morgan fingerprint density at radius 2 is 1.52 bits per heavy atom. The van der Waals surface area contributed by atoms with Gasteiger partial charge in [0.15, 0.2) is 0 Å². The molecule has 0 unspecified atom stereocenters. The van der Waals surface area contributed by atoms with Crippen molar-refractivity contribution in [1.29, 1.82) is 0 Å². The van der Waals surface area contributed by atoms with Crippen molar-refractivity contribution in [2.45, 2.75) is 77.6 Å². The third-order valence-corrected chi connectivity index (χ3v) is 6.15. The maximum absolute atomic E-state index is 2.39. The van der Waals surface area contributed by atoms with E-state index in [-0.39, 0.29) is 0 Å². The predicted molar refractivity (Wildman–Crippen MR) is 110 cm³/mol. The first-order chi connectivity index (χ1) is 12.3. The first-order valence-corrected chi connectivity index (χ1v) is 10.5. The minimum Gasteiger partial charge on any atom is -0.0654 e. The van der Waals surface area contributed by atoms with E-state index in [0.717, 1.165) is 18.3 Å². The molecule has 0 amide bonds. The van der Waals surface area contributed by atoms with Crippen molar-refractivity contribution in [1.82, 2.24) is 0 Å². The number of unbranched alkanes of at least 4 members (excludes halogenated alkanes) is 2. The van der Waals surface area contributed by atoms with Gasteiger partial charge in [-0.2, -0.15) is 0 Å². The van der Waals surface area contributed by atoms with E-state index in [1.54, 1.807) is 5.56 Å². The van der Waals surface area contributed by atoms with Gasteiger partial charge in [-0.3, -0.25) is 0 Å². The van der Waals surface area contributed by atoms with Crippen LogP contribution < -0.4 is 0 Å². The second-order valence-electron chi connectivity index (χ2n) is 7.85. The van der Waals surface area contributed by atoms with Gasteiger partial charge in [0, 0.05) is 0 Å². The molecule has 1 aliphatic carbocycles. The van der Waals surface area contributed by atoms with E-state index in [1.807, 2.05) is 0 Å². The van der Waals surface area contributed by atoms with Crippen LogP contribution in [0.4, 0.5) is 0 Å². The van der Waals surface area contributed by atoms with Gasteiger partial charge in [-0.1, -0.05) is 88.1 Å². The Bertz CT molecular complexity index is 629. The van der Waals surface area contributed by atoms with E-state index in [4.69, 9.17) is 0 Å². The zero-order chi connectivity index (χ0) is 17.5. The number of hydrogen-bond acceptors (Lipinski definition) is 0. The number of benzene rings is 2. The molecule has 1 fully saturated rings. The first-order valence-electron chi connectivity index (χ1n) is 10.5. The minimum atomic E-state index is 0.790. The summed E-state index contributed by atoms with van der Waals surface area (Å²) in [4.78, 5) is 0. The lowest BCUT2D eigenvalue weighted by molar-refractivity contribution is 0.303. The summed E-state index contributed by atoms with van der Waals surface area (Å²) in [5.74, 6) is 1.79. The molecule has 3 rings (SSSR count). The molecule has 1 aliphatic rings. The molecule has 0 nitrogen and oxygen atoms in total. The van der Waals surface area contributed by atoms with Crippen molar-refractivity contribution in [3.8, 4) is 11.1 Å². The molecule has 2 aromatic carbocycles. The van der Waals surface area contributed by atoms with Crippen LogP contribution in [0.5, 0.6) is 0 Å². The number of aryl methyl sites for hydroxylation is 1. The maximum Gasteiger partial charge on any atom is -0.0152 e. The van der Waals surface area contributed by atoms with Gasteiger partial charge in [0.2, 0.25) is 0 Å². The molecule has 0 heteroatoms. The van der Waals surface area contributed by atoms with Crippen LogP contribution in [-0.2, 0) is 6.42 Å². The fourth-order valence-corrected chi connectivity index (χ4v) is 4.51. The summed E-state index contributed by atoms with van der Waals surface area (Å²) in [7, 11) is 0. The lowest BCUT2D eigenvalue weighted by atomic mass is 9.77. The minimum absolute atomic E-state index is 0.790. The highest BCUT2D eigenvalue weighted by atomic mass is 14.3. The van der Waals surface area contributed by atoms with Crippen molar-refractivity contribution in [3.63, 3.8) is 0 Å². The molecule has 2 aromatic rings. The molecular weight excluding hydrogens is 300 g/mol. The van der Waals surface area contributed by atoms with Gasteiger partial charge < -0.3 is 0 Å². The summed E-state index contributed by atoms with van der Waals surface area (Å²) in [6.45, 7) is 4.55. The van der Waals surface area contributed by atoms with Gasteiger partial charge in [-0.15, -0.1) is 0 Å². The van der Waals surface area contributed by atoms with Gasteiger partial charge in [0.05, 0.1) is 0 Å². The molecule has 0 radical (unpaired) electrons. The van der Waals surface area contributed by atoms with Crippen LogP contribution in [-0.4, -0.2) is 0 Å². The third kappa shape index (κ3) is 4.75. The van der Waals surface area contributed by atoms with Crippen molar-refractivity contribution in [2.75, 3.05) is 0 Å². The Morgan fingerprint density at radius 1 is 0.800 bits per heavy atom. The molecule has 0 atom stereocenters. The van der Waals surface area contributed by atoms with Crippen LogP contribution in [0.2, 0.25) is 0 Å². The Labute approximate surface area is 154 Å². The molecule has 0 N–H and O–H groups in total. The van der Waals surface area contributed by atoms with Gasteiger partial charge in [0.25, 0.3) is 0 Å². The summed E-state index contributed by atoms with van der Waals surface area (Å²) >= 11 is 0. The monoisotopic (exact) mass is 334 g/mol. The van der Waals surface area contributed by atoms with Crippen molar-refractivity contribution >= 4 is 0 Å². The van der Waals surface area contributed by atoms with Crippen molar-refractivity contribution in [2.24, 2.45) is 5.92 Å². The second-order valence-corrected chi connectivity index (χ2v) is 7.85. The highest BCUT2D eigenvalue weighted by Crippen LogP contribution is 2.38. The molecule has 134 valence electrons. The van der Waals surface area contributed by atoms with Gasteiger partial charge >= 0.3 is 0 Å². The van der Waals surface area contributed by atoms with Crippen molar-refractivity contribution in [3.05, 3.63) is 59.7 Å². The molecule has 25 heavy (non-hydrogen) atoms. The normalized spacial score (nSPS) is 20.6. The van der Waals surface area contributed by atoms with E-state index < -0.39 is 0 Å². The van der Waals surface area contributed by atoms with E-state index >= 15 is 0 Å². The molecule has 0 aliphatic heterocycles. The fourth-order valence-electron chi connectivity index (χ4n) is 4.51. The van der Waals surface area contributed by atoms with Crippen LogP contribution in [0.25, 0.3) is 11.1 Å². The Morgan fingerprint density at radius 3 is 2.20 bits per heavy atom. The average molecular weight is 335 g/mol. The van der Waals surface area contributed by atoms with Crippen LogP contribution in [0.3, 0.4) is 0 Å². The van der Waals surface area contributed by atoms with Crippen molar-refractivity contribution < 1.29 is 0 Å². The Kier molecular flexibility index (Phi) is 6.73. The van der Waals surface area contributed by atoms with Crippen LogP contribution >= 0.6 is 0 Å². The van der Waals surface area contributed by atoms with E-state index in [0.29, 0.717) is 0 Å². The lowest BCUT2D eigenvalue weighted by Crippen LogP contribution is -2.13. The van der Waals surface area contributed by atoms with E-state index in [9.17, 15) is 0 Å². The summed E-state index contributed by atoms with van der Waals surface area (Å²) in [6, 6.07) is 18.3. The number of hydrogen-bond donors (Lipinski definition) is 0. The summed E-state index contributed by atoms with van der Waals surface area (Å²) in [6.07, 6.45) is 12.4. The highest BCUT2D eigenvalue weighted by molar-refractivity contribution is 5.67. The standard InChI is InChI=1S/C25H34/c1-3-5-6-9-20-12-14-22(15-13-20)23-16-18-24(19-17-23)25-11-8-7-10-21(25)4-2/h7-8,10-11,16-20,22H,3-6,9,12-15H2,1-2H3. The fraction of sp³-hybridized carbons (Fsp3) is 0.520. The summed E-state index contributed by atoms with van der Waals surface area (Å²) in [5.41, 5.74) is 5.78. The topological polar surface area (TPSA) is 0 Å². The van der Waals surface area contributed by atoms with E-state index in [2.05, 4.69) is 62.4 Å². The first kappa shape index (κ1) is 18.2. The smallest absolute Gasteiger partial charge is 0.0152 e. The average Bonchev–Trinajstić information content (AvgIpc) is 2.69. The largest absolute Gasteiger partial charge is 0.0654 e. The van der Waals surface area contributed by atoms with Crippen LogP contribution in [0.15, 0.2) is 48.5 Å². The molecule has 0 saturated heterocycles. The van der Waals surface area contributed by atoms with Gasteiger partial charge in [-0.25, -0.2) is 0 Å². The quantitative estimate of drug-likeness (QED) is 0.454. The molecule has 0 bridgehead atoms. The summed E-state index contributed by atoms with van der Waals surface area (Å²) in [5, 5.41) is 0. The van der Waals surface area contributed by atoms with Gasteiger partial charge in [-0.05, 0) is 66.2 Å². The Balaban J connectivity index is 1.60. The molecule has 1 saturated carbocycles. The second kappa shape index (κ2) is 9.22. The predicted octanol–water partition coefficient (Wildman–Crippen LogP) is 7.77. The SMILES string of the molecule is CCCCCC1CCC(c2ccc(-c3ccccc3CC)cc2)CC1. The molecule has 0 spiro atoms. The highest BCUT2D eigenvalue weighted by Gasteiger charge is 2.22. The Hall–Kier alpha value is -1.56. The maximum atomic E-state index is 2.39. The third-order valence-electron chi connectivity index (χ3n) is 6.15. The zero-order valence-electron chi connectivity index (χ0n) is 16.1. The molecule has 0 heterocycles. The van der Waals surface area contributed by atoms with Gasteiger partial charge in [0.1, 0.15) is 0 Å². The van der Waals surface area contributed by atoms with Crippen LogP contribution in [0.1, 0.15) is 82.3 Å². The molecule has 0 aromatic heterocycles. The number of rotatable bonds is 7. The lowest BCUT2D eigenvalue weighted by Gasteiger charge is -2.29. The van der Waals surface area contributed by atoms with Crippen LogP contribution in [0, 0.1) is 5.92 Å². The summed E-state index contributed by atoms with van der Waals surface area (Å²) < 4.78 is 0. The zero-order valence-corrected chi connectivity index (χ0v) is 16.1. The molecular formula is C25H34.